The molecule has 2 rings (SSSR count). The Hall–Kier alpha value is -1.65. The van der Waals surface area contributed by atoms with Gasteiger partial charge in [-0.2, -0.15) is 0 Å². The van der Waals surface area contributed by atoms with E-state index in [1.54, 1.807) is 24.3 Å². The van der Waals surface area contributed by atoms with Gasteiger partial charge in [0, 0.05) is 12.3 Å². The van der Waals surface area contributed by atoms with Crippen molar-refractivity contribution < 1.29 is 8.42 Å². The van der Waals surface area contributed by atoms with Gasteiger partial charge in [0.05, 0.1) is 4.90 Å². The molecule has 0 amide bonds. The predicted molar refractivity (Wildman–Crippen MR) is 76.6 cm³/mol. The highest BCUT2D eigenvalue weighted by atomic mass is 32.2. The SMILES string of the molecule is CS(=O)(=O)c1ccc(C(N)Cc2ccccc2)cc1. The zero-order chi connectivity index (χ0) is 13.9. The molecular weight excluding hydrogens is 258 g/mol. The summed E-state index contributed by atoms with van der Waals surface area (Å²) < 4.78 is 22.7. The lowest BCUT2D eigenvalue weighted by atomic mass is 10.00. The van der Waals surface area contributed by atoms with Crippen LogP contribution in [-0.2, 0) is 16.3 Å². The first kappa shape index (κ1) is 13.8. The fourth-order valence-electron chi connectivity index (χ4n) is 1.95. The molecule has 3 nitrogen and oxygen atoms in total. The molecule has 0 saturated carbocycles. The van der Waals surface area contributed by atoms with E-state index in [1.165, 1.54) is 11.8 Å². The van der Waals surface area contributed by atoms with Crippen LogP contribution in [0.15, 0.2) is 59.5 Å². The normalized spacial score (nSPS) is 13.2. The molecule has 0 saturated heterocycles. The molecule has 0 aromatic heterocycles. The molecule has 2 aromatic rings. The Balaban J connectivity index is 2.14. The number of hydrogen-bond donors (Lipinski definition) is 1. The maximum Gasteiger partial charge on any atom is 0.175 e. The highest BCUT2D eigenvalue weighted by Gasteiger charge is 2.10. The van der Waals surface area contributed by atoms with Crippen molar-refractivity contribution in [3.8, 4) is 0 Å². The molecule has 100 valence electrons. The molecular formula is C15H17NO2S. The lowest BCUT2D eigenvalue weighted by molar-refractivity contribution is 0.601. The molecule has 1 atom stereocenters. The molecule has 0 aliphatic carbocycles. The van der Waals surface area contributed by atoms with E-state index in [1.807, 2.05) is 30.3 Å². The second kappa shape index (κ2) is 5.55. The Bertz CT molecular complexity index is 634. The number of sulfone groups is 1. The van der Waals surface area contributed by atoms with E-state index < -0.39 is 9.84 Å². The lowest BCUT2D eigenvalue weighted by Crippen LogP contribution is -2.13. The minimum absolute atomic E-state index is 0.129. The second-order valence-electron chi connectivity index (χ2n) is 4.64. The summed E-state index contributed by atoms with van der Waals surface area (Å²) in [6.45, 7) is 0. The van der Waals surface area contributed by atoms with Crippen LogP contribution in [0.4, 0.5) is 0 Å². The summed E-state index contributed by atoms with van der Waals surface area (Å²) in [6.07, 6.45) is 1.94. The summed E-state index contributed by atoms with van der Waals surface area (Å²) in [5.41, 5.74) is 8.25. The summed E-state index contributed by atoms with van der Waals surface area (Å²) >= 11 is 0. The van der Waals surface area contributed by atoms with Crippen molar-refractivity contribution in [1.82, 2.24) is 0 Å². The van der Waals surface area contributed by atoms with Crippen LogP contribution in [0.2, 0.25) is 0 Å². The summed E-state index contributed by atoms with van der Waals surface area (Å²) in [4.78, 5) is 0.322. The molecule has 2 N–H and O–H groups in total. The van der Waals surface area contributed by atoms with Crippen molar-refractivity contribution in [2.45, 2.75) is 17.4 Å². The van der Waals surface area contributed by atoms with Crippen LogP contribution in [0.5, 0.6) is 0 Å². The number of nitrogens with two attached hydrogens (primary N) is 1. The van der Waals surface area contributed by atoms with Gasteiger partial charge in [-0.25, -0.2) is 8.42 Å². The van der Waals surface area contributed by atoms with Crippen LogP contribution in [-0.4, -0.2) is 14.7 Å². The van der Waals surface area contributed by atoms with E-state index >= 15 is 0 Å². The Morgan fingerprint density at radius 2 is 1.58 bits per heavy atom. The molecule has 0 spiro atoms. The van der Waals surface area contributed by atoms with Crippen molar-refractivity contribution >= 4 is 9.84 Å². The fourth-order valence-corrected chi connectivity index (χ4v) is 2.58. The first-order chi connectivity index (χ1) is 8.97. The Morgan fingerprint density at radius 1 is 1.00 bits per heavy atom. The van der Waals surface area contributed by atoms with Crippen molar-refractivity contribution in [3.63, 3.8) is 0 Å². The molecule has 0 aliphatic rings. The minimum atomic E-state index is -3.14. The van der Waals surface area contributed by atoms with Gasteiger partial charge in [-0.05, 0) is 29.7 Å². The average molecular weight is 275 g/mol. The topological polar surface area (TPSA) is 60.2 Å². The Morgan fingerprint density at radius 3 is 2.11 bits per heavy atom. The van der Waals surface area contributed by atoms with Gasteiger partial charge in [0.2, 0.25) is 0 Å². The molecule has 1 unspecified atom stereocenters. The predicted octanol–water partition coefficient (Wildman–Crippen LogP) is 2.33. The zero-order valence-corrected chi connectivity index (χ0v) is 11.6. The van der Waals surface area contributed by atoms with E-state index in [0.29, 0.717) is 4.90 Å². The van der Waals surface area contributed by atoms with Gasteiger partial charge in [0.1, 0.15) is 0 Å². The highest BCUT2D eigenvalue weighted by Crippen LogP contribution is 2.18. The van der Waals surface area contributed by atoms with Crippen LogP contribution in [0.3, 0.4) is 0 Å². The largest absolute Gasteiger partial charge is 0.324 e. The first-order valence-corrected chi connectivity index (χ1v) is 7.95. The second-order valence-corrected chi connectivity index (χ2v) is 6.65. The van der Waals surface area contributed by atoms with Crippen LogP contribution in [0, 0.1) is 0 Å². The van der Waals surface area contributed by atoms with E-state index in [4.69, 9.17) is 5.73 Å². The molecule has 2 aromatic carbocycles. The maximum atomic E-state index is 11.4. The zero-order valence-electron chi connectivity index (χ0n) is 10.8. The van der Waals surface area contributed by atoms with Gasteiger partial charge in [0.15, 0.2) is 9.84 Å². The maximum absolute atomic E-state index is 11.4. The van der Waals surface area contributed by atoms with E-state index in [2.05, 4.69) is 0 Å². The third-order valence-corrected chi connectivity index (χ3v) is 4.16. The third kappa shape index (κ3) is 3.66. The van der Waals surface area contributed by atoms with E-state index in [0.717, 1.165) is 12.0 Å². The van der Waals surface area contributed by atoms with Crippen molar-refractivity contribution in [1.29, 1.82) is 0 Å². The smallest absolute Gasteiger partial charge is 0.175 e. The van der Waals surface area contributed by atoms with Crippen LogP contribution in [0.1, 0.15) is 17.2 Å². The molecule has 0 fully saturated rings. The molecule has 4 heteroatoms. The Labute approximate surface area is 114 Å². The Kier molecular flexibility index (Phi) is 4.02. The standard InChI is InChI=1S/C15H17NO2S/c1-19(17,18)14-9-7-13(8-10-14)15(16)11-12-5-3-2-4-6-12/h2-10,15H,11,16H2,1H3. The van der Waals surface area contributed by atoms with Crippen molar-refractivity contribution in [2.75, 3.05) is 6.26 Å². The van der Waals surface area contributed by atoms with Crippen molar-refractivity contribution in [3.05, 3.63) is 65.7 Å². The summed E-state index contributed by atoms with van der Waals surface area (Å²) in [5, 5.41) is 0. The third-order valence-electron chi connectivity index (χ3n) is 3.03. The summed E-state index contributed by atoms with van der Waals surface area (Å²) in [7, 11) is -3.14. The molecule has 0 bridgehead atoms. The lowest BCUT2D eigenvalue weighted by Gasteiger charge is -2.12. The van der Waals surface area contributed by atoms with Crippen LogP contribution < -0.4 is 5.73 Å². The quantitative estimate of drug-likeness (QED) is 0.931. The molecule has 0 heterocycles. The highest BCUT2D eigenvalue weighted by molar-refractivity contribution is 7.90. The fraction of sp³-hybridized carbons (Fsp3) is 0.200. The van der Waals surface area contributed by atoms with Crippen LogP contribution >= 0.6 is 0 Å². The first-order valence-electron chi connectivity index (χ1n) is 6.06. The van der Waals surface area contributed by atoms with E-state index in [-0.39, 0.29) is 6.04 Å². The minimum Gasteiger partial charge on any atom is -0.324 e. The number of hydrogen-bond acceptors (Lipinski definition) is 3. The monoisotopic (exact) mass is 275 g/mol. The van der Waals surface area contributed by atoms with Gasteiger partial charge in [-0.15, -0.1) is 0 Å². The molecule has 19 heavy (non-hydrogen) atoms. The van der Waals surface area contributed by atoms with Gasteiger partial charge < -0.3 is 5.73 Å². The van der Waals surface area contributed by atoms with Gasteiger partial charge >= 0.3 is 0 Å². The van der Waals surface area contributed by atoms with Crippen molar-refractivity contribution in [2.24, 2.45) is 5.73 Å². The van der Waals surface area contributed by atoms with Gasteiger partial charge in [-0.1, -0.05) is 42.5 Å². The average Bonchev–Trinajstić information content (AvgIpc) is 2.39. The number of rotatable bonds is 4. The van der Waals surface area contributed by atoms with E-state index in [9.17, 15) is 8.42 Å². The summed E-state index contributed by atoms with van der Waals surface area (Å²) in [5.74, 6) is 0. The number of benzene rings is 2. The summed E-state index contributed by atoms with van der Waals surface area (Å²) in [6, 6.07) is 16.6. The van der Waals surface area contributed by atoms with Gasteiger partial charge in [-0.3, -0.25) is 0 Å². The van der Waals surface area contributed by atoms with Gasteiger partial charge in [0.25, 0.3) is 0 Å². The molecule has 0 radical (unpaired) electrons. The molecule has 0 aliphatic heterocycles. The van der Waals surface area contributed by atoms with Crippen LogP contribution in [0.25, 0.3) is 0 Å².